The Labute approximate surface area is 130 Å². The number of hydrogen-bond donors (Lipinski definition) is 1. The lowest BCUT2D eigenvalue weighted by Gasteiger charge is -2.32. The molecule has 0 radical (unpaired) electrons. The standard InChI is InChI=1S/C15H20BNO2S.H3N/c1-9-7-11(8-12-13(9)17-10(2)20-12)16-18-14(3,4)15(5,6)19-16;/h7-8H,1-6H3;1H3. The first-order valence-electron chi connectivity index (χ1n) is 6.93. The van der Waals surface area contributed by atoms with Crippen molar-refractivity contribution < 1.29 is 9.31 Å². The van der Waals surface area contributed by atoms with E-state index in [-0.39, 0.29) is 24.5 Å². The number of aryl methyl sites for hydroxylation is 2. The predicted octanol–water partition coefficient (Wildman–Crippen LogP) is 3.37. The molecule has 0 amide bonds. The monoisotopic (exact) mass is 306 g/mol. The largest absolute Gasteiger partial charge is 0.494 e. The zero-order valence-electron chi connectivity index (χ0n) is 13.6. The van der Waals surface area contributed by atoms with Gasteiger partial charge in [-0.25, -0.2) is 4.98 Å². The van der Waals surface area contributed by atoms with Crippen molar-refractivity contribution in [3.8, 4) is 0 Å². The van der Waals surface area contributed by atoms with E-state index in [1.165, 1.54) is 10.3 Å². The van der Waals surface area contributed by atoms with Crippen LogP contribution in [0.3, 0.4) is 0 Å². The van der Waals surface area contributed by atoms with Crippen LogP contribution in [0.15, 0.2) is 12.1 Å². The van der Waals surface area contributed by atoms with Gasteiger partial charge in [0.1, 0.15) is 0 Å². The highest BCUT2D eigenvalue weighted by Crippen LogP contribution is 2.37. The third-order valence-corrected chi connectivity index (χ3v) is 5.26. The molecule has 3 N–H and O–H groups in total. The smallest absolute Gasteiger partial charge is 0.399 e. The van der Waals surface area contributed by atoms with Gasteiger partial charge in [-0.15, -0.1) is 11.3 Å². The summed E-state index contributed by atoms with van der Waals surface area (Å²) >= 11 is 1.72. The number of aromatic nitrogens is 1. The summed E-state index contributed by atoms with van der Waals surface area (Å²) in [6, 6.07) is 4.28. The second kappa shape index (κ2) is 5.05. The first kappa shape index (κ1) is 16.4. The fourth-order valence-corrected chi connectivity index (χ4v) is 3.40. The van der Waals surface area contributed by atoms with Crippen LogP contribution < -0.4 is 11.6 Å². The van der Waals surface area contributed by atoms with Gasteiger partial charge >= 0.3 is 7.12 Å². The molecule has 0 unspecified atom stereocenters. The summed E-state index contributed by atoms with van der Waals surface area (Å²) in [6.07, 6.45) is 0. The SMILES string of the molecule is Cc1nc2c(C)cc(B3OC(C)(C)C(C)(C)O3)cc2s1.N. The van der Waals surface area contributed by atoms with Crippen LogP contribution in [0.4, 0.5) is 0 Å². The maximum Gasteiger partial charge on any atom is 0.494 e. The van der Waals surface area contributed by atoms with Crippen molar-refractivity contribution in [1.82, 2.24) is 11.1 Å². The molecule has 0 bridgehead atoms. The molecule has 6 heteroatoms. The van der Waals surface area contributed by atoms with E-state index in [1.54, 1.807) is 11.3 Å². The lowest BCUT2D eigenvalue weighted by Crippen LogP contribution is -2.41. The summed E-state index contributed by atoms with van der Waals surface area (Å²) < 4.78 is 13.4. The van der Waals surface area contributed by atoms with E-state index >= 15 is 0 Å². The molecule has 1 fully saturated rings. The average Bonchev–Trinajstić information content (AvgIpc) is 2.77. The Morgan fingerprint density at radius 1 is 1.05 bits per heavy atom. The highest BCUT2D eigenvalue weighted by Gasteiger charge is 2.51. The summed E-state index contributed by atoms with van der Waals surface area (Å²) in [5.41, 5.74) is 2.75. The summed E-state index contributed by atoms with van der Waals surface area (Å²) in [4.78, 5) is 4.57. The molecule has 1 saturated heterocycles. The summed E-state index contributed by atoms with van der Waals surface area (Å²) in [7, 11) is -0.300. The Bertz CT molecular complexity index is 666. The van der Waals surface area contributed by atoms with Crippen LogP contribution in [0.2, 0.25) is 0 Å². The number of nitrogens with zero attached hydrogens (tertiary/aromatic N) is 1. The molecule has 1 aromatic heterocycles. The third-order valence-electron chi connectivity index (χ3n) is 4.34. The minimum Gasteiger partial charge on any atom is -0.399 e. The van der Waals surface area contributed by atoms with Crippen molar-refractivity contribution in [2.24, 2.45) is 0 Å². The second-order valence-electron chi connectivity index (χ2n) is 6.51. The molecule has 1 aliphatic heterocycles. The van der Waals surface area contributed by atoms with Crippen LogP contribution in [0.25, 0.3) is 10.2 Å². The molecule has 1 aliphatic rings. The van der Waals surface area contributed by atoms with Gasteiger partial charge < -0.3 is 15.5 Å². The van der Waals surface area contributed by atoms with Gasteiger partial charge in [0.05, 0.1) is 26.4 Å². The lowest BCUT2D eigenvalue weighted by molar-refractivity contribution is 0.00578. The molecule has 0 aliphatic carbocycles. The molecule has 0 spiro atoms. The van der Waals surface area contributed by atoms with Crippen molar-refractivity contribution in [2.45, 2.75) is 52.7 Å². The number of rotatable bonds is 1. The number of thiazole rings is 1. The van der Waals surface area contributed by atoms with Gasteiger partial charge in [0, 0.05) is 0 Å². The average molecular weight is 306 g/mol. The fourth-order valence-electron chi connectivity index (χ4n) is 2.45. The van der Waals surface area contributed by atoms with Crippen LogP contribution in [-0.2, 0) is 9.31 Å². The van der Waals surface area contributed by atoms with E-state index in [9.17, 15) is 0 Å². The molecule has 2 aromatic rings. The quantitative estimate of drug-likeness (QED) is 0.820. The normalized spacial score (nSPS) is 19.8. The first-order valence-corrected chi connectivity index (χ1v) is 7.74. The van der Waals surface area contributed by atoms with E-state index in [2.05, 4.69) is 51.7 Å². The van der Waals surface area contributed by atoms with Crippen LogP contribution in [-0.4, -0.2) is 23.3 Å². The van der Waals surface area contributed by atoms with Crippen molar-refractivity contribution in [2.75, 3.05) is 0 Å². The molecule has 114 valence electrons. The van der Waals surface area contributed by atoms with Crippen LogP contribution in [0.5, 0.6) is 0 Å². The number of fused-ring (bicyclic) bond motifs is 1. The summed E-state index contributed by atoms with van der Waals surface area (Å²) in [5.74, 6) is 0. The Morgan fingerprint density at radius 2 is 1.62 bits per heavy atom. The van der Waals surface area contributed by atoms with E-state index in [4.69, 9.17) is 9.31 Å². The zero-order chi connectivity index (χ0) is 14.7. The summed E-state index contributed by atoms with van der Waals surface area (Å²) in [5, 5.41) is 1.09. The van der Waals surface area contributed by atoms with Gasteiger partial charge in [-0.05, 0) is 58.6 Å². The maximum atomic E-state index is 6.12. The van der Waals surface area contributed by atoms with Crippen molar-refractivity contribution >= 4 is 34.1 Å². The molecular formula is C15H23BN2O2S. The van der Waals surface area contributed by atoms with Gasteiger partial charge in [-0.1, -0.05) is 6.07 Å². The van der Waals surface area contributed by atoms with Gasteiger partial charge in [-0.3, -0.25) is 0 Å². The Morgan fingerprint density at radius 3 is 2.19 bits per heavy atom. The Hall–Kier alpha value is -0.945. The van der Waals surface area contributed by atoms with E-state index < -0.39 is 0 Å². The number of hydrogen-bond acceptors (Lipinski definition) is 5. The van der Waals surface area contributed by atoms with Crippen molar-refractivity contribution in [3.63, 3.8) is 0 Å². The molecule has 4 nitrogen and oxygen atoms in total. The van der Waals surface area contributed by atoms with Gasteiger partial charge in [-0.2, -0.15) is 0 Å². The molecule has 21 heavy (non-hydrogen) atoms. The molecular weight excluding hydrogens is 283 g/mol. The van der Waals surface area contributed by atoms with Crippen LogP contribution in [0, 0.1) is 13.8 Å². The van der Waals surface area contributed by atoms with Crippen molar-refractivity contribution in [3.05, 3.63) is 22.7 Å². The fraction of sp³-hybridized carbons (Fsp3) is 0.533. The molecule has 3 rings (SSSR count). The van der Waals surface area contributed by atoms with E-state index in [1.807, 2.05) is 6.92 Å². The Kier molecular flexibility index (Phi) is 3.95. The van der Waals surface area contributed by atoms with Gasteiger partial charge in [0.15, 0.2) is 0 Å². The number of benzene rings is 1. The molecule has 2 heterocycles. The lowest BCUT2D eigenvalue weighted by atomic mass is 9.78. The van der Waals surface area contributed by atoms with Gasteiger partial charge in [0.25, 0.3) is 0 Å². The second-order valence-corrected chi connectivity index (χ2v) is 7.74. The minimum absolute atomic E-state index is 0. The van der Waals surface area contributed by atoms with Crippen molar-refractivity contribution in [1.29, 1.82) is 0 Å². The highest BCUT2D eigenvalue weighted by molar-refractivity contribution is 7.18. The third kappa shape index (κ3) is 2.61. The molecule has 1 aromatic carbocycles. The Balaban J connectivity index is 0.00000161. The zero-order valence-corrected chi connectivity index (χ0v) is 14.4. The van der Waals surface area contributed by atoms with Crippen LogP contribution in [0.1, 0.15) is 38.3 Å². The van der Waals surface area contributed by atoms with E-state index in [0.717, 1.165) is 16.0 Å². The topological polar surface area (TPSA) is 66.3 Å². The summed E-state index contributed by atoms with van der Waals surface area (Å²) in [6.45, 7) is 12.4. The van der Waals surface area contributed by atoms with Crippen LogP contribution >= 0.6 is 11.3 Å². The van der Waals surface area contributed by atoms with E-state index in [0.29, 0.717) is 0 Å². The minimum atomic E-state index is -0.301. The molecule has 0 saturated carbocycles. The molecule has 0 atom stereocenters. The first-order chi connectivity index (χ1) is 9.19. The highest BCUT2D eigenvalue weighted by atomic mass is 32.1. The van der Waals surface area contributed by atoms with Gasteiger partial charge in [0.2, 0.25) is 0 Å². The maximum absolute atomic E-state index is 6.12. The predicted molar refractivity (Wildman–Crippen MR) is 89.8 cm³/mol.